The molecule has 1 unspecified atom stereocenters. The molecule has 126 valence electrons. The molecule has 2 aromatic carbocycles. The first-order chi connectivity index (χ1) is 11.6. The Bertz CT molecular complexity index is 703. The molecule has 0 saturated carbocycles. The van der Waals surface area contributed by atoms with Crippen LogP contribution in [0, 0.1) is 0 Å². The normalized spacial score (nSPS) is 17.6. The number of benzene rings is 2. The predicted octanol–water partition coefficient (Wildman–Crippen LogP) is 3.48. The van der Waals surface area contributed by atoms with Crippen molar-refractivity contribution in [3.8, 4) is 5.75 Å². The number of carbonyl (C=O) groups is 1. The van der Waals surface area contributed by atoms with Crippen molar-refractivity contribution >= 4 is 17.5 Å². The summed E-state index contributed by atoms with van der Waals surface area (Å²) in [6.07, 6.45) is 1.94. The van der Waals surface area contributed by atoms with Gasteiger partial charge in [0.1, 0.15) is 12.4 Å². The van der Waals surface area contributed by atoms with Gasteiger partial charge in [0.2, 0.25) is 0 Å². The fourth-order valence-electron chi connectivity index (χ4n) is 2.84. The van der Waals surface area contributed by atoms with Gasteiger partial charge in [-0.2, -0.15) is 0 Å². The fraction of sp³-hybridized carbons (Fsp3) is 0.316. The minimum atomic E-state index is 0.0158. The largest absolute Gasteiger partial charge is 0.489 e. The van der Waals surface area contributed by atoms with E-state index in [0.717, 1.165) is 24.9 Å². The highest BCUT2D eigenvalue weighted by molar-refractivity contribution is 6.30. The Hall–Kier alpha value is -2.04. The Morgan fingerprint density at radius 2 is 2.04 bits per heavy atom. The summed E-state index contributed by atoms with van der Waals surface area (Å²) in [5, 5.41) is 0.700. The van der Waals surface area contributed by atoms with Crippen LogP contribution in [0.1, 0.15) is 28.8 Å². The van der Waals surface area contributed by atoms with Gasteiger partial charge in [-0.1, -0.05) is 29.8 Å². The van der Waals surface area contributed by atoms with Gasteiger partial charge in [0.25, 0.3) is 5.91 Å². The summed E-state index contributed by atoms with van der Waals surface area (Å²) in [6.45, 7) is 1.82. The van der Waals surface area contributed by atoms with Crippen molar-refractivity contribution in [3.63, 3.8) is 0 Å². The van der Waals surface area contributed by atoms with Crippen LogP contribution in [0.4, 0.5) is 0 Å². The first-order valence-corrected chi connectivity index (χ1v) is 8.52. The van der Waals surface area contributed by atoms with Gasteiger partial charge in [0, 0.05) is 29.7 Å². The SMILES string of the molecule is NC1CCCN(C(=O)c2cccc(OCc3ccc(Cl)cc3)c2)C1. The summed E-state index contributed by atoms with van der Waals surface area (Å²) >= 11 is 5.88. The molecule has 1 aliphatic rings. The summed E-state index contributed by atoms with van der Waals surface area (Å²) in [5.74, 6) is 0.694. The molecule has 0 bridgehead atoms. The van der Waals surface area contributed by atoms with Crippen molar-refractivity contribution in [2.75, 3.05) is 13.1 Å². The molecule has 24 heavy (non-hydrogen) atoms. The lowest BCUT2D eigenvalue weighted by Crippen LogP contribution is -2.45. The molecule has 1 aliphatic heterocycles. The fourth-order valence-corrected chi connectivity index (χ4v) is 2.97. The van der Waals surface area contributed by atoms with Crippen molar-refractivity contribution in [2.45, 2.75) is 25.5 Å². The van der Waals surface area contributed by atoms with Gasteiger partial charge in [-0.25, -0.2) is 0 Å². The van der Waals surface area contributed by atoms with Gasteiger partial charge in [0.15, 0.2) is 0 Å². The predicted molar refractivity (Wildman–Crippen MR) is 95.3 cm³/mol. The molecule has 3 rings (SSSR count). The van der Waals surface area contributed by atoms with E-state index in [4.69, 9.17) is 22.1 Å². The van der Waals surface area contributed by atoms with Crippen molar-refractivity contribution < 1.29 is 9.53 Å². The van der Waals surface area contributed by atoms with E-state index in [-0.39, 0.29) is 11.9 Å². The summed E-state index contributed by atoms with van der Waals surface area (Å²) in [5.41, 5.74) is 7.63. The number of piperidine rings is 1. The summed E-state index contributed by atoms with van der Waals surface area (Å²) in [6, 6.07) is 14.9. The van der Waals surface area contributed by atoms with Gasteiger partial charge < -0.3 is 15.4 Å². The Morgan fingerprint density at radius 1 is 1.25 bits per heavy atom. The van der Waals surface area contributed by atoms with Crippen molar-refractivity contribution in [1.82, 2.24) is 4.90 Å². The van der Waals surface area contributed by atoms with Crippen molar-refractivity contribution in [2.24, 2.45) is 5.73 Å². The lowest BCUT2D eigenvalue weighted by atomic mass is 10.1. The Morgan fingerprint density at radius 3 is 2.79 bits per heavy atom. The van der Waals surface area contributed by atoms with E-state index in [0.29, 0.717) is 29.5 Å². The zero-order valence-corrected chi connectivity index (χ0v) is 14.2. The van der Waals surface area contributed by atoms with Crippen LogP contribution in [0.3, 0.4) is 0 Å². The summed E-state index contributed by atoms with van der Waals surface area (Å²) in [4.78, 5) is 14.4. The van der Waals surface area contributed by atoms with E-state index in [1.807, 2.05) is 47.4 Å². The van der Waals surface area contributed by atoms with E-state index in [9.17, 15) is 4.79 Å². The number of likely N-dealkylation sites (tertiary alicyclic amines) is 1. The van der Waals surface area contributed by atoms with Crippen molar-refractivity contribution in [3.05, 3.63) is 64.7 Å². The number of nitrogens with two attached hydrogens (primary N) is 1. The van der Waals surface area contributed by atoms with Crippen LogP contribution in [-0.4, -0.2) is 29.9 Å². The highest BCUT2D eigenvalue weighted by Gasteiger charge is 2.22. The second-order valence-electron chi connectivity index (χ2n) is 6.10. The number of nitrogens with zero attached hydrogens (tertiary/aromatic N) is 1. The maximum atomic E-state index is 12.6. The molecule has 0 aromatic heterocycles. The van der Waals surface area contributed by atoms with Crippen LogP contribution >= 0.6 is 11.6 Å². The first kappa shape index (κ1) is 16.8. The Kier molecular flexibility index (Phi) is 5.38. The number of ether oxygens (including phenoxy) is 1. The molecule has 1 atom stereocenters. The summed E-state index contributed by atoms with van der Waals surface area (Å²) < 4.78 is 5.79. The smallest absolute Gasteiger partial charge is 0.254 e. The standard InChI is InChI=1S/C19H21ClN2O2/c20-16-8-6-14(7-9-16)13-24-18-5-1-3-15(11-18)19(23)22-10-2-4-17(21)12-22/h1,3,5-9,11,17H,2,4,10,12-13,21H2. The van der Waals surface area contributed by atoms with Crippen LogP contribution in [0.2, 0.25) is 5.02 Å². The van der Waals surface area contributed by atoms with Gasteiger partial charge in [-0.3, -0.25) is 4.79 Å². The molecular formula is C19H21ClN2O2. The third-order valence-electron chi connectivity index (χ3n) is 4.14. The maximum absolute atomic E-state index is 12.6. The minimum absolute atomic E-state index is 0.0158. The molecule has 5 heteroatoms. The van der Waals surface area contributed by atoms with E-state index >= 15 is 0 Å². The second-order valence-corrected chi connectivity index (χ2v) is 6.53. The van der Waals surface area contributed by atoms with Gasteiger partial charge >= 0.3 is 0 Å². The van der Waals surface area contributed by atoms with E-state index in [2.05, 4.69) is 0 Å². The quantitative estimate of drug-likeness (QED) is 0.923. The third kappa shape index (κ3) is 4.28. The molecule has 1 saturated heterocycles. The number of carbonyl (C=O) groups excluding carboxylic acids is 1. The average Bonchev–Trinajstić information content (AvgIpc) is 2.61. The van der Waals surface area contributed by atoms with Crippen LogP contribution in [-0.2, 0) is 6.61 Å². The zero-order valence-electron chi connectivity index (χ0n) is 13.5. The molecule has 2 aromatic rings. The van der Waals surface area contributed by atoms with Gasteiger partial charge in [-0.05, 0) is 48.7 Å². The Labute approximate surface area is 147 Å². The molecule has 1 heterocycles. The first-order valence-electron chi connectivity index (χ1n) is 8.14. The lowest BCUT2D eigenvalue weighted by Gasteiger charge is -2.30. The number of hydrogen-bond donors (Lipinski definition) is 1. The van der Waals surface area contributed by atoms with E-state index in [1.54, 1.807) is 6.07 Å². The van der Waals surface area contributed by atoms with E-state index < -0.39 is 0 Å². The molecular weight excluding hydrogens is 324 g/mol. The number of amides is 1. The minimum Gasteiger partial charge on any atom is -0.489 e. The molecule has 4 nitrogen and oxygen atoms in total. The van der Waals surface area contributed by atoms with Crippen LogP contribution in [0.15, 0.2) is 48.5 Å². The van der Waals surface area contributed by atoms with Crippen LogP contribution in [0.25, 0.3) is 0 Å². The monoisotopic (exact) mass is 344 g/mol. The average molecular weight is 345 g/mol. The molecule has 0 aliphatic carbocycles. The number of rotatable bonds is 4. The topological polar surface area (TPSA) is 55.6 Å². The molecule has 1 amide bonds. The highest BCUT2D eigenvalue weighted by Crippen LogP contribution is 2.19. The molecule has 0 spiro atoms. The third-order valence-corrected chi connectivity index (χ3v) is 4.40. The molecule has 0 radical (unpaired) electrons. The number of halogens is 1. The van der Waals surface area contributed by atoms with Gasteiger partial charge in [-0.15, -0.1) is 0 Å². The summed E-state index contributed by atoms with van der Waals surface area (Å²) in [7, 11) is 0. The maximum Gasteiger partial charge on any atom is 0.254 e. The lowest BCUT2D eigenvalue weighted by molar-refractivity contribution is 0.0708. The second kappa shape index (κ2) is 7.69. The van der Waals surface area contributed by atoms with Crippen LogP contribution < -0.4 is 10.5 Å². The van der Waals surface area contributed by atoms with Crippen molar-refractivity contribution in [1.29, 1.82) is 0 Å². The van der Waals surface area contributed by atoms with E-state index in [1.165, 1.54) is 0 Å². The zero-order chi connectivity index (χ0) is 16.9. The highest BCUT2D eigenvalue weighted by atomic mass is 35.5. The number of hydrogen-bond acceptors (Lipinski definition) is 3. The Balaban J connectivity index is 1.65. The molecule has 2 N–H and O–H groups in total. The van der Waals surface area contributed by atoms with Gasteiger partial charge in [0.05, 0.1) is 0 Å². The van der Waals surface area contributed by atoms with Crippen LogP contribution in [0.5, 0.6) is 5.75 Å². The molecule has 1 fully saturated rings.